The van der Waals surface area contributed by atoms with Crippen LogP contribution in [-0.2, 0) is 0 Å². The van der Waals surface area contributed by atoms with E-state index in [-0.39, 0.29) is 0 Å². The molecule has 0 amide bonds. The van der Waals surface area contributed by atoms with Gasteiger partial charge >= 0.3 is 0 Å². The van der Waals surface area contributed by atoms with Gasteiger partial charge in [0, 0.05) is 11.9 Å². The second-order valence-electron chi connectivity index (χ2n) is 6.58. The molecule has 1 aliphatic carbocycles. The second kappa shape index (κ2) is 25.6. The lowest BCUT2D eigenvalue weighted by Crippen LogP contribution is -1.87. The Balaban J connectivity index is -0.000000197. The van der Waals surface area contributed by atoms with Gasteiger partial charge in [-0.15, -0.1) is 0 Å². The third-order valence-corrected chi connectivity index (χ3v) is 4.12. The molecule has 0 aromatic rings. The van der Waals surface area contributed by atoms with Crippen LogP contribution < -0.4 is 0 Å². The van der Waals surface area contributed by atoms with Gasteiger partial charge in [-0.05, 0) is 56.8 Å². The van der Waals surface area contributed by atoms with Gasteiger partial charge in [0.05, 0.1) is 0 Å². The molecule has 0 aliphatic heterocycles. The highest BCUT2D eigenvalue weighted by atomic mass is 14.7. The van der Waals surface area contributed by atoms with Crippen LogP contribution in [0, 0.1) is 5.92 Å². The van der Waals surface area contributed by atoms with E-state index in [1.54, 1.807) is 0 Å². The first-order valence-corrected chi connectivity index (χ1v) is 11.5. The molecule has 0 aromatic heterocycles. The largest absolute Gasteiger partial charge is 0.265 e. The fourth-order valence-electron chi connectivity index (χ4n) is 2.03. The van der Waals surface area contributed by atoms with E-state index in [4.69, 9.17) is 0 Å². The Kier molecular flexibility index (Phi) is 31.3. The molecule has 1 saturated carbocycles. The summed E-state index contributed by atoms with van der Waals surface area (Å²) in [6.45, 7) is 32.4. The second-order valence-corrected chi connectivity index (χ2v) is 6.58. The van der Waals surface area contributed by atoms with Crippen LogP contribution in [0.1, 0.15) is 115 Å². The molecule has 0 N–H and O–H groups in total. The number of nitrogens with zero attached hydrogens (tertiary/aromatic N) is 1. The number of allylic oxidation sites excluding steroid dienone is 5. The molecule has 0 aromatic carbocycles. The van der Waals surface area contributed by atoms with Crippen LogP contribution in [-0.4, -0.2) is 5.71 Å². The van der Waals surface area contributed by atoms with E-state index in [1.165, 1.54) is 31.3 Å². The molecular formula is C27H53N. The summed E-state index contributed by atoms with van der Waals surface area (Å²) in [5.74, 6) is 1.05. The minimum atomic E-state index is 0.975. The van der Waals surface area contributed by atoms with Gasteiger partial charge in [-0.25, -0.2) is 0 Å². The van der Waals surface area contributed by atoms with E-state index in [1.807, 2.05) is 68.5 Å². The zero-order valence-electron chi connectivity index (χ0n) is 21.6. The molecule has 0 atom stereocenters. The Morgan fingerprint density at radius 2 is 1.29 bits per heavy atom. The lowest BCUT2D eigenvalue weighted by atomic mass is 10.0. The van der Waals surface area contributed by atoms with Crippen molar-refractivity contribution in [3.05, 3.63) is 47.7 Å². The quantitative estimate of drug-likeness (QED) is 0.326. The van der Waals surface area contributed by atoms with Crippen molar-refractivity contribution in [2.24, 2.45) is 10.9 Å². The molecule has 1 nitrogen and oxygen atoms in total. The summed E-state index contributed by atoms with van der Waals surface area (Å²) in [5, 5.41) is 0. The van der Waals surface area contributed by atoms with E-state index in [0.29, 0.717) is 0 Å². The first-order chi connectivity index (χ1) is 13.3. The normalized spacial score (nSPS) is 14.1. The van der Waals surface area contributed by atoms with Crippen molar-refractivity contribution in [2.75, 3.05) is 0 Å². The molecule has 0 spiro atoms. The zero-order valence-corrected chi connectivity index (χ0v) is 21.6. The van der Waals surface area contributed by atoms with E-state index in [2.05, 4.69) is 45.0 Å². The van der Waals surface area contributed by atoms with E-state index >= 15 is 0 Å². The van der Waals surface area contributed by atoms with Crippen LogP contribution >= 0.6 is 0 Å². The van der Waals surface area contributed by atoms with Gasteiger partial charge in [-0.1, -0.05) is 106 Å². The van der Waals surface area contributed by atoms with Crippen molar-refractivity contribution < 1.29 is 0 Å². The van der Waals surface area contributed by atoms with Gasteiger partial charge in [0.1, 0.15) is 0 Å². The summed E-state index contributed by atoms with van der Waals surface area (Å²) < 4.78 is 0. The average molecular weight is 392 g/mol. The predicted octanol–water partition coefficient (Wildman–Crippen LogP) is 10.1. The Bertz CT molecular complexity index is 455. The lowest BCUT2D eigenvalue weighted by molar-refractivity contribution is 0.612. The first kappa shape index (κ1) is 34.2. The molecule has 1 fully saturated rings. The highest BCUT2D eigenvalue weighted by Crippen LogP contribution is 2.23. The van der Waals surface area contributed by atoms with E-state index < -0.39 is 0 Å². The Morgan fingerprint density at radius 1 is 0.857 bits per heavy atom. The number of rotatable bonds is 5. The summed E-state index contributed by atoms with van der Waals surface area (Å²) in [5.41, 5.74) is 5.45. The molecular weight excluding hydrogens is 338 g/mol. The molecule has 1 heteroatoms. The number of hydrogen-bond acceptors (Lipinski definition) is 1. The van der Waals surface area contributed by atoms with Crippen LogP contribution in [0.2, 0.25) is 0 Å². The van der Waals surface area contributed by atoms with Gasteiger partial charge in [0.2, 0.25) is 0 Å². The molecule has 166 valence electrons. The van der Waals surface area contributed by atoms with Gasteiger partial charge in [0.15, 0.2) is 0 Å². The highest BCUT2D eigenvalue weighted by Gasteiger charge is 2.07. The molecule has 1 aliphatic rings. The van der Waals surface area contributed by atoms with Crippen LogP contribution in [0.25, 0.3) is 0 Å². The SMILES string of the molecule is C=C(C)C(=C\N=C(C)CC)/C=C(\C)C(=C)C.CC.CC.CC.CC1CCCC1. The van der Waals surface area contributed by atoms with Crippen molar-refractivity contribution in [2.45, 2.75) is 115 Å². The smallest absolute Gasteiger partial charge is 0.0342 e. The Labute approximate surface area is 179 Å². The fraction of sp³-hybridized carbons (Fsp3) is 0.667. The number of hydrogen-bond donors (Lipinski definition) is 0. The summed E-state index contributed by atoms with van der Waals surface area (Å²) >= 11 is 0. The fourth-order valence-corrected chi connectivity index (χ4v) is 2.03. The van der Waals surface area contributed by atoms with E-state index in [9.17, 15) is 0 Å². The van der Waals surface area contributed by atoms with E-state index in [0.717, 1.165) is 34.8 Å². The lowest BCUT2D eigenvalue weighted by Gasteiger charge is -2.03. The zero-order chi connectivity index (χ0) is 23.1. The summed E-state index contributed by atoms with van der Waals surface area (Å²) in [6.07, 6.45) is 10.9. The van der Waals surface area contributed by atoms with Crippen molar-refractivity contribution in [3.8, 4) is 0 Å². The molecule has 0 saturated heterocycles. The van der Waals surface area contributed by atoms with Gasteiger partial charge in [0.25, 0.3) is 0 Å². The van der Waals surface area contributed by atoms with Gasteiger partial charge in [-0.3, -0.25) is 4.99 Å². The minimum Gasteiger partial charge on any atom is -0.265 e. The molecule has 0 unspecified atom stereocenters. The van der Waals surface area contributed by atoms with Crippen LogP contribution in [0.5, 0.6) is 0 Å². The van der Waals surface area contributed by atoms with Gasteiger partial charge < -0.3 is 0 Å². The van der Waals surface area contributed by atoms with Crippen LogP contribution in [0.4, 0.5) is 0 Å². The third-order valence-electron chi connectivity index (χ3n) is 4.12. The maximum Gasteiger partial charge on any atom is 0.0342 e. The molecule has 28 heavy (non-hydrogen) atoms. The van der Waals surface area contributed by atoms with Crippen molar-refractivity contribution >= 4 is 5.71 Å². The van der Waals surface area contributed by atoms with Gasteiger partial charge in [-0.2, -0.15) is 0 Å². The minimum absolute atomic E-state index is 0.975. The molecule has 1 rings (SSSR count). The topological polar surface area (TPSA) is 12.4 Å². The molecule has 0 bridgehead atoms. The predicted molar refractivity (Wildman–Crippen MR) is 137 cm³/mol. The first-order valence-electron chi connectivity index (χ1n) is 11.5. The third kappa shape index (κ3) is 22.7. The molecule has 0 heterocycles. The highest BCUT2D eigenvalue weighted by molar-refractivity contribution is 5.82. The maximum absolute atomic E-state index is 4.40. The van der Waals surface area contributed by atoms with Crippen LogP contribution in [0.15, 0.2) is 52.7 Å². The maximum atomic E-state index is 4.40. The average Bonchev–Trinajstić information content (AvgIpc) is 3.20. The summed E-state index contributed by atoms with van der Waals surface area (Å²) in [7, 11) is 0. The standard InChI is InChI=1S/C15H23N.C6H12.3C2H6/c1-8-14(7)16-10-15(12(4)5)9-13(6)11(2)3;1-6-4-2-3-5-6;3*1-2/h9-10H,2,4,8H2,1,3,5-7H3;6H,2-5H2,1H3;3*1-2H3/b13-9+,15-10-,16-14?;;;;. The van der Waals surface area contributed by atoms with Crippen molar-refractivity contribution in [1.29, 1.82) is 0 Å². The Hall–Kier alpha value is -1.37. The summed E-state index contributed by atoms with van der Waals surface area (Å²) in [4.78, 5) is 4.40. The monoisotopic (exact) mass is 391 g/mol. The Morgan fingerprint density at radius 3 is 1.54 bits per heavy atom. The van der Waals surface area contributed by atoms with Crippen molar-refractivity contribution in [1.82, 2.24) is 0 Å². The number of aliphatic imine (C=N–C) groups is 1. The van der Waals surface area contributed by atoms with Crippen molar-refractivity contribution in [3.63, 3.8) is 0 Å². The molecule has 0 radical (unpaired) electrons. The van der Waals surface area contributed by atoms with Crippen LogP contribution in [0.3, 0.4) is 0 Å². The summed E-state index contributed by atoms with van der Waals surface area (Å²) in [6, 6.07) is 0.